The van der Waals surface area contributed by atoms with E-state index in [2.05, 4.69) is 17.5 Å². The van der Waals surface area contributed by atoms with Gasteiger partial charge in [-0.1, -0.05) is 6.92 Å². The molecule has 7 heteroatoms. The molecule has 68 valence electrons. The molecule has 0 fully saturated rings. The van der Waals surface area contributed by atoms with Crippen molar-refractivity contribution in [1.29, 1.82) is 0 Å². The second kappa shape index (κ2) is 6.77. The van der Waals surface area contributed by atoms with Crippen LogP contribution in [0.1, 0.15) is 6.92 Å². The van der Waals surface area contributed by atoms with Crippen molar-refractivity contribution >= 4 is 15.9 Å². The van der Waals surface area contributed by atoms with Crippen molar-refractivity contribution in [3.05, 3.63) is 13.2 Å². The van der Waals surface area contributed by atoms with Crippen LogP contribution < -0.4 is 0 Å². The zero-order chi connectivity index (χ0) is 9.49. The van der Waals surface area contributed by atoms with Crippen molar-refractivity contribution in [2.45, 2.75) is 6.92 Å². The predicted molar refractivity (Wildman–Crippen MR) is 43.9 cm³/mol. The number of hydrogen-bond donors (Lipinski definition) is 2. The van der Waals surface area contributed by atoms with Crippen LogP contribution in [0.4, 0.5) is 0 Å². The molecule has 2 atom stereocenters. The van der Waals surface area contributed by atoms with Gasteiger partial charge in [-0.05, 0) is 0 Å². The molecule has 0 aliphatic rings. The van der Waals surface area contributed by atoms with Gasteiger partial charge in [0.2, 0.25) is 0 Å². The summed E-state index contributed by atoms with van der Waals surface area (Å²) in [5, 5.41) is 0. The molecule has 0 bridgehead atoms. The fraction of sp³-hybridized carbons (Fsp3) is 0.500. The Morgan fingerprint density at radius 3 is 2.09 bits per heavy atom. The van der Waals surface area contributed by atoms with Gasteiger partial charge in [0.15, 0.2) is 0 Å². The lowest BCUT2D eigenvalue weighted by Gasteiger charge is -2.04. The van der Waals surface area contributed by atoms with Crippen LogP contribution in [-0.2, 0) is 13.4 Å². The molecule has 0 saturated carbocycles. The highest BCUT2D eigenvalue weighted by Gasteiger charge is 2.17. The van der Waals surface area contributed by atoms with Gasteiger partial charge in [-0.25, -0.2) is 4.31 Å². The largest absolute Gasteiger partial charge is 0.334 e. The average Bonchev–Trinajstić information content (AvgIpc) is 1.90. The van der Waals surface area contributed by atoms with Crippen LogP contribution in [0.3, 0.4) is 0 Å². The van der Waals surface area contributed by atoms with Crippen molar-refractivity contribution in [1.82, 2.24) is 0 Å². The zero-order valence-corrected chi connectivity index (χ0v) is 8.08. The van der Waals surface area contributed by atoms with Gasteiger partial charge in [0.1, 0.15) is 0 Å². The van der Waals surface area contributed by atoms with Crippen molar-refractivity contribution in [2.24, 2.45) is 0 Å². The van der Waals surface area contributed by atoms with E-state index in [0.29, 0.717) is 0 Å². The molecule has 0 amide bonds. The van der Waals surface area contributed by atoms with Crippen LogP contribution in [0, 0.1) is 0 Å². The minimum Gasteiger partial charge on any atom is -0.326 e. The maximum atomic E-state index is 10.4. The standard InChI is InChI=1S/C2H8O5P2.C2H4/c1-2-9(5,6)7-8(3)4;1-2/h8H,2H2,1H3,(H,3,4)(H,5,6);1-2H2. The Morgan fingerprint density at radius 1 is 1.64 bits per heavy atom. The van der Waals surface area contributed by atoms with E-state index in [4.69, 9.17) is 9.79 Å². The Kier molecular flexibility index (Phi) is 8.40. The van der Waals surface area contributed by atoms with Gasteiger partial charge in [-0.3, -0.25) is 9.13 Å². The quantitative estimate of drug-likeness (QED) is 0.533. The van der Waals surface area contributed by atoms with Gasteiger partial charge in [0, 0.05) is 6.16 Å². The molecule has 0 aromatic carbocycles. The third kappa shape index (κ3) is 10.1. The summed E-state index contributed by atoms with van der Waals surface area (Å²) in [6.07, 6.45) is -0.149. The van der Waals surface area contributed by atoms with E-state index in [1.54, 1.807) is 0 Å². The van der Waals surface area contributed by atoms with Gasteiger partial charge >= 0.3 is 15.9 Å². The van der Waals surface area contributed by atoms with E-state index < -0.39 is 15.9 Å². The van der Waals surface area contributed by atoms with E-state index in [9.17, 15) is 9.13 Å². The lowest BCUT2D eigenvalue weighted by molar-refractivity contribution is 0.351. The fourth-order valence-electron chi connectivity index (χ4n) is 0.187. The Bertz CT molecular complexity index is 168. The lowest BCUT2D eigenvalue weighted by atomic mass is 11.0. The first-order valence-electron chi connectivity index (χ1n) is 2.72. The van der Waals surface area contributed by atoms with Crippen LogP contribution in [0.2, 0.25) is 0 Å². The third-order valence-electron chi connectivity index (χ3n) is 0.620. The third-order valence-corrected chi connectivity index (χ3v) is 3.19. The normalized spacial score (nSPS) is 17.4. The Hall–Kier alpha value is 0.0800. The molecule has 0 aromatic rings. The summed E-state index contributed by atoms with van der Waals surface area (Å²) in [7, 11) is -7.01. The van der Waals surface area contributed by atoms with Crippen molar-refractivity contribution in [3.8, 4) is 0 Å². The molecule has 0 rings (SSSR count). The molecule has 0 heterocycles. The maximum Gasteiger partial charge on any atom is 0.334 e. The molecule has 0 aliphatic carbocycles. The molecule has 11 heavy (non-hydrogen) atoms. The topological polar surface area (TPSA) is 83.8 Å². The SMILES string of the molecule is C=C.CCP(=O)(O)O[PH](=O)O. The molecule has 5 nitrogen and oxygen atoms in total. The van der Waals surface area contributed by atoms with Crippen molar-refractivity contribution in [2.75, 3.05) is 6.16 Å². The second-order valence-corrected chi connectivity index (χ2v) is 4.48. The van der Waals surface area contributed by atoms with Gasteiger partial charge in [0.05, 0.1) is 0 Å². The minimum atomic E-state index is -3.75. The molecule has 0 aromatic heterocycles. The minimum absolute atomic E-state index is 0.149. The van der Waals surface area contributed by atoms with E-state index in [-0.39, 0.29) is 6.16 Å². The molecular weight excluding hydrogens is 190 g/mol. The molecule has 0 radical (unpaired) electrons. The average molecular weight is 202 g/mol. The maximum absolute atomic E-state index is 10.4. The molecule has 0 aliphatic heterocycles. The van der Waals surface area contributed by atoms with E-state index in [1.165, 1.54) is 6.92 Å². The van der Waals surface area contributed by atoms with Gasteiger partial charge in [-0.2, -0.15) is 0 Å². The van der Waals surface area contributed by atoms with Crippen molar-refractivity contribution < 1.29 is 23.2 Å². The van der Waals surface area contributed by atoms with Crippen LogP contribution in [0.25, 0.3) is 0 Å². The van der Waals surface area contributed by atoms with Crippen LogP contribution >= 0.6 is 15.9 Å². The first-order valence-corrected chi connectivity index (χ1v) is 5.75. The monoisotopic (exact) mass is 202 g/mol. The highest BCUT2D eigenvalue weighted by molar-refractivity contribution is 7.59. The highest BCUT2D eigenvalue weighted by atomic mass is 31.2. The molecular formula is C4H12O5P2. The summed E-state index contributed by atoms with van der Waals surface area (Å²) in [4.78, 5) is 16.5. The van der Waals surface area contributed by atoms with Crippen LogP contribution in [0.5, 0.6) is 0 Å². The van der Waals surface area contributed by atoms with Crippen molar-refractivity contribution in [3.63, 3.8) is 0 Å². The predicted octanol–water partition coefficient (Wildman–Crippen LogP) is 1.39. The zero-order valence-electron chi connectivity index (χ0n) is 6.19. The summed E-state index contributed by atoms with van der Waals surface area (Å²) >= 11 is 0. The van der Waals surface area contributed by atoms with Gasteiger partial charge in [-0.15, -0.1) is 13.2 Å². The van der Waals surface area contributed by atoms with E-state index in [0.717, 1.165) is 0 Å². The molecule has 2 unspecified atom stereocenters. The Morgan fingerprint density at radius 2 is 2.00 bits per heavy atom. The summed E-state index contributed by atoms with van der Waals surface area (Å²) < 4.78 is 24.0. The van der Waals surface area contributed by atoms with E-state index in [1.807, 2.05) is 0 Å². The first-order chi connectivity index (χ1) is 4.98. The number of rotatable bonds is 3. The number of hydrogen-bond acceptors (Lipinski definition) is 3. The summed E-state index contributed by atoms with van der Waals surface area (Å²) in [5.74, 6) is 0. The van der Waals surface area contributed by atoms with Crippen LogP contribution in [-0.4, -0.2) is 15.9 Å². The summed E-state index contributed by atoms with van der Waals surface area (Å²) in [5.41, 5.74) is 0. The van der Waals surface area contributed by atoms with Crippen LogP contribution in [0.15, 0.2) is 13.2 Å². The van der Waals surface area contributed by atoms with Gasteiger partial charge in [0.25, 0.3) is 0 Å². The van der Waals surface area contributed by atoms with Gasteiger partial charge < -0.3 is 9.79 Å². The summed E-state index contributed by atoms with van der Waals surface area (Å²) in [6.45, 7) is 7.39. The molecule has 2 N–H and O–H groups in total. The lowest BCUT2D eigenvalue weighted by Crippen LogP contribution is -1.82. The Labute approximate surface area is 66.2 Å². The second-order valence-electron chi connectivity index (χ2n) is 1.31. The highest BCUT2D eigenvalue weighted by Crippen LogP contribution is 2.48. The Balaban J connectivity index is 0. The molecule has 0 spiro atoms. The fourth-order valence-corrected chi connectivity index (χ4v) is 1.68. The first kappa shape index (κ1) is 13.7. The van der Waals surface area contributed by atoms with E-state index >= 15 is 0 Å². The summed E-state index contributed by atoms with van der Waals surface area (Å²) in [6, 6.07) is 0. The molecule has 0 saturated heterocycles. The smallest absolute Gasteiger partial charge is 0.326 e.